The van der Waals surface area contributed by atoms with E-state index in [1.54, 1.807) is 26.8 Å². The number of aliphatic hydroxyl groups excluding tert-OH is 7. The summed E-state index contributed by atoms with van der Waals surface area (Å²) in [6, 6.07) is 0. The van der Waals surface area contributed by atoms with Crippen LogP contribution in [-0.4, -0.2) is 164 Å². The van der Waals surface area contributed by atoms with Crippen LogP contribution in [0.2, 0.25) is 0 Å². The lowest BCUT2D eigenvalue weighted by atomic mass is 9.33. The Labute approximate surface area is 422 Å². The third-order valence-electron chi connectivity index (χ3n) is 19.8. The van der Waals surface area contributed by atoms with Crippen molar-refractivity contribution in [3.05, 3.63) is 23.3 Å². The van der Waals surface area contributed by atoms with Crippen LogP contribution in [0.15, 0.2) is 23.3 Å². The van der Waals surface area contributed by atoms with Gasteiger partial charge in [-0.2, -0.15) is 0 Å². The number of carboxylic acids is 1. The number of aliphatic carboxylic acids is 1. The summed E-state index contributed by atoms with van der Waals surface area (Å²) >= 11 is 0. The minimum Gasteiger partial charge on any atom is -0.479 e. The molecule has 2 aliphatic heterocycles. The van der Waals surface area contributed by atoms with Crippen molar-refractivity contribution < 1.29 is 93.2 Å². The minimum absolute atomic E-state index is 0.0197. The fraction of sp³-hybridized carbons (Fsp3) is 0.849. The van der Waals surface area contributed by atoms with Gasteiger partial charge in [0, 0.05) is 23.3 Å². The summed E-state index contributed by atoms with van der Waals surface area (Å²) in [4.78, 5) is 53.5. The number of hydrogen-bond acceptors (Lipinski definition) is 18. The standard InChI is InChI=1S/C53H82O19/c1-12-25(3)44(64)71-41-42(72-45(65)26(4)13-2)53(24-55)29(20-48(41,6)7)28-14-15-32-49(8)18-17-33(50(9,23-54)31(49)16-19-51(32,10)52(28,11)21-34(53)67-27(5)56)68-47-38(61)39(37(60)40(70-47)43(62)63)69-46-36(59)35(58)30(57)22-66-46/h12,14,26,29-42,46-47,54-55,57-61H,13,15-24H2,1-11H3,(H,62,63)/b25-12-/t26?,29?,30?,31?,32?,33?,34-,35?,36?,37?,38?,39?,40?,41+,42+,46?,47?,49+,50+,51-,52-,53+/m1/s1. The van der Waals surface area contributed by atoms with Gasteiger partial charge in [-0.3, -0.25) is 9.59 Å². The Morgan fingerprint density at radius 3 is 2.08 bits per heavy atom. The van der Waals surface area contributed by atoms with Gasteiger partial charge in [-0.15, -0.1) is 0 Å². The molecular formula is C53H82O19. The Balaban J connectivity index is 1.24. The summed E-state index contributed by atoms with van der Waals surface area (Å²) < 4.78 is 42.7. The van der Waals surface area contributed by atoms with Crippen LogP contribution in [0.3, 0.4) is 0 Å². The Kier molecular flexibility index (Phi) is 16.1. The molecule has 2 heterocycles. The topological polar surface area (TPSA) is 295 Å². The fourth-order valence-electron chi connectivity index (χ4n) is 15.0. The van der Waals surface area contributed by atoms with Crippen molar-refractivity contribution >= 4 is 23.9 Å². The van der Waals surface area contributed by atoms with E-state index in [-0.39, 0.29) is 24.9 Å². The summed E-state index contributed by atoms with van der Waals surface area (Å²) in [5, 5.41) is 87.3. The SMILES string of the molecule is C/C=C(/C)C(=O)O[C@H]1[C@H](OC(=O)C(C)CC)[C@@]2(CO)C(CC1(C)C)C1=CCC3[C@@]4(C)CCC(OC5OC(C(=O)O)C(O)C(OC6OCC(O)C(O)C6O)C5O)[C@@](C)(CO)C4CC[C@@]3(C)[C@]1(C)C[C@H]2OC(C)=O. The molecule has 7 rings (SSSR count). The molecule has 0 aromatic heterocycles. The number of carbonyl (C=O) groups is 4. The van der Waals surface area contributed by atoms with Crippen molar-refractivity contribution in [3.63, 3.8) is 0 Å². The molecule has 19 nitrogen and oxygen atoms in total. The highest BCUT2D eigenvalue weighted by Crippen LogP contribution is 2.76. The Bertz CT molecular complexity index is 2110. The number of esters is 3. The molecule has 72 heavy (non-hydrogen) atoms. The molecular weight excluding hydrogens is 941 g/mol. The highest BCUT2D eigenvalue weighted by molar-refractivity contribution is 5.88. The molecule has 19 heteroatoms. The van der Waals surface area contributed by atoms with Crippen molar-refractivity contribution in [3.8, 4) is 0 Å². The number of ether oxygens (including phenoxy) is 7. The van der Waals surface area contributed by atoms with Gasteiger partial charge >= 0.3 is 23.9 Å². The summed E-state index contributed by atoms with van der Waals surface area (Å²) in [5.41, 5.74) is -3.36. The van der Waals surface area contributed by atoms with E-state index >= 15 is 0 Å². The van der Waals surface area contributed by atoms with E-state index in [1.807, 2.05) is 27.7 Å². The molecule has 2 saturated heterocycles. The third-order valence-corrected chi connectivity index (χ3v) is 19.8. The van der Waals surface area contributed by atoms with Crippen molar-refractivity contribution in [1.82, 2.24) is 0 Å². The predicted octanol–water partition coefficient (Wildman–Crippen LogP) is 3.09. The molecule has 14 unspecified atom stereocenters. The van der Waals surface area contributed by atoms with Gasteiger partial charge in [-0.1, -0.05) is 73.1 Å². The zero-order valence-electron chi connectivity index (χ0n) is 43.8. The molecule has 0 amide bonds. The quantitative estimate of drug-likeness (QED) is 0.0432. The maximum absolute atomic E-state index is 14.0. The van der Waals surface area contributed by atoms with Gasteiger partial charge < -0.3 is 74.0 Å². The summed E-state index contributed by atoms with van der Waals surface area (Å²) in [5.74, 6) is -4.47. The van der Waals surface area contributed by atoms with Crippen LogP contribution in [0, 0.1) is 56.2 Å². The van der Waals surface area contributed by atoms with Crippen molar-refractivity contribution in [2.24, 2.45) is 56.2 Å². The molecule has 8 N–H and O–H groups in total. The Morgan fingerprint density at radius 1 is 0.806 bits per heavy atom. The van der Waals surface area contributed by atoms with Crippen LogP contribution in [0.1, 0.15) is 128 Å². The molecule has 4 saturated carbocycles. The maximum Gasteiger partial charge on any atom is 0.335 e. The minimum atomic E-state index is -1.97. The van der Waals surface area contributed by atoms with Crippen LogP contribution in [0.5, 0.6) is 0 Å². The van der Waals surface area contributed by atoms with Gasteiger partial charge in [0.2, 0.25) is 0 Å². The molecule has 22 atom stereocenters. The highest BCUT2D eigenvalue weighted by atomic mass is 16.7. The van der Waals surface area contributed by atoms with E-state index in [2.05, 4.69) is 26.8 Å². The van der Waals surface area contributed by atoms with Gasteiger partial charge in [0.15, 0.2) is 24.8 Å². The van der Waals surface area contributed by atoms with E-state index < -0.39 is 161 Å². The van der Waals surface area contributed by atoms with Crippen LogP contribution in [-0.2, 0) is 52.3 Å². The Morgan fingerprint density at radius 2 is 1.49 bits per heavy atom. The molecule has 0 aromatic rings. The first-order valence-electron chi connectivity index (χ1n) is 25.9. The van der Waals surface area contributed by atoms with Gasteiger partial charge in [0.05, 0.1) is 37.3 Å². The molecule has 0 aromatic carbocycles. The zero-order valence-corrected chi connectivity index (χ0v) is 43.8. The average Bonchev–Trinajstić information content (AvgIpc) is 3.32. The number of fused-ring (bicyclic) bond motifs is 7. The molecule has 0 bridgehead atoms. The van der Waals surface area contributed by atoms with E-state index in [9.17, 15) is 60.0 Å². The largest absolute Gasteiger partial charge is 0.479 e. The molecule has 0 spiro atoms. The fourth-order valence-corrected chi connectivity index (χ4v) is 15.0. The van der Waals surface area contributed by atoms with Crippen LogP contribution in [0.4, 0.5) is 0 Å². The van der Waals surface area contributed by atoms with E-state index in [4.69, 9.17) is 33.2 Å². The third kappa shape index (κ3) is 8.98. The summed E-state index contributed by atoms with van der Waals surface area (Å²) in [6.07, 6.45) is -12.0. The first-order chi connectivity index (χ1) is 33.6. The van der Waals surface area contributed by atoms with Crippen molar-refractivity contribution in [2.75, 3.05) is 19.8 Å². The first kappa shape index (κ1) is 56.6. The lowest BCUT2D eigenvalue weighted by molar-refractivity contribution is -0.358. The number of carboxylic acid groups (broad SMARTS) is 1. The van der Waals surface area contributed by atoms with Crippen LogP contribution < -0.4 is 0 Å². The summed E-state index contributed by atoms with van der Waals surface area (Å²) in [6.45, 7) is 19.6. The molecule has 6 fully saturated rings. The normalized spacial score (nSPS) is 47.2. The van der Waals surface area contributed by atoms with Crippen molar-refractivity contribution in [2.45, 2.75) is 207 Å². The number of carbonyl (C=O) groups excluding carboxylic acids is 3. The van der Waals surface area contributed by atoms with Gasteiger partial charge in [0.25, 0.3) is 0 Å². The second kappa shape index (κ2) is 20.5. The van der Waals surface area contributed by atoms with Gasteiger partial charge in [0.1, 0.15) is 48.8 Å². The lowest BCUT2D eigenvalue weighted by Gasteiger charge is -2.72. The lowest BCUT2D eigenvalue weighted by Crippen LogP contribution is -2.73. The Hall–Kier alpha value is -3.08. The van der Waals surface area contributed by atoms with E-state index in [0.717, 1.165) is 5.57 Å². The van der Waals surface area contributed by atoms with E-state index in [1.165, 1.54) is 6.92 Å². The maximum atomic E-state index is 14.0. The average molecular weight is 1020 g/mol. The number of rotatable bonds is 13. The molecule has 408 valence electrons. The van der Waals surface area contributed by atoms with Gasteiger partial charge in [-0.25, -0.2) is 9.59 Å². The first-order valence-corrected chi connectivity index (χ1v) is 25.9. The molecule has 7 aliphatic rings. The number of hydrogen-bond donors (Lipinski definition) is 8. The second-order valence-corrected chi connectivity index (χ2v) is 24.0. The smallest absolute Gasteiger partial charge is 0.335 e. The van der Waals surface area contributed by atoms with Crippen LogP contribution in [0.25, 0.3) is 0 Å². The second-order valence-electron chi connectivity index (χ2n) is 24.0. The molecule has 0 radical (unpaired) electrons. The van der Waals surface area contributed by atoms with Crippen LogP contribution >= 0.6 is 0 Å². The highest BCUT2D eigenvalue weighted by Gasteiger charge is 2.75. The zero-order chi connectivity index (χ0) is 53.4. The molecule has 5 aliphatic carbocycles. The number of aliphatic hydroxyl groups is 7. The predicted molar refractivity (Wildman–Crippen MR) is 254 cm³/mol. The van der Waals surface area contributed by atoms with Gasteiger partial charge in [-0.05, 0) is 99.2 Å². The monoisotopic (exact) mass is 1020 g/mol. The van der Waals surface area contributed by atoms with Crippen molar-refractivity contribution in [1.29, 1.82) is 0 Å². The van der Waals surface area contributed by atoms with E-state index in [0.29, 0.717) is 50.5 Å². The summed E-state index contributed by atoms with van der Waals surface area (Å²) in [7, 11) is 0. The number of allylic oxidation sites excluding steroid dienone is 3.